The molecule has 0 aliphatic rings. The third-order valence-electron chi connectivity index (χ3n) is 3.59. The zero-order valence-electron chi connectivity index (χ0n) is 13.2. The molecule has 0 saturated carbocycles. The summed E-state index contributed by atoms with van der Waals surface area (Å²) in [7, 11) is 0. The summed E-state index contributed by atoms with van der Waals surface area (Å²) in [6.07, 6.45) is 1.15. The number of hydrogen-bond donors (Lipinski definition) is 1. The minimum absolute atomic E-state index is 0.202. The normalized spacial score (nSPS) is 12.4. The molecule has 112 valence electrons. The molecular formula is C19H25NO. The van der Waals surface area contributed by atoms with Crippen molar-refractivity contribution in [2.75, 3.05) is 6.54 Å². The van der Waals surface area contributed by atoms with Crippen molar-refractivity contribution in [1.29, 1.82) is 0 Å². The highest BCUT2D eigenvalue weighted by molar-refractivity contribution is 5.37. The summed E-state index contributed by atoms with van der Waals surface area (Å²) < 4.78 is 5.71. The van der Waals surface area contributed by atoms with E-state index in [2.05, 4.69) is 43.3 Å². The molecule has 0 aromatic heterocycles. The molecule has 0 spiro atoms. The van der Waals surface area contributed by atoms with Gasteiger partial charge in [-0.25, -0.2) is 0 Å². The zero-order chi connectivity index (χ0) is 15.2. The van der Waals surface area contributed by atoms with Gasteiger partial charge < -0.3 is 10.5 Å². The van der Waals surface area contributed by atoms with E-state index in [1.807, 2.05) is 26.0 Å². The minimum Gasteiger partial charge on any atom is -0.491 e. The monoisotopic (exact) mass is 283 g/mol. The van der Waals surface area contributed by atoms with Crippen LogP contribution < -0.4 is 10.5 Å². The van der Waals surface area contributed by atoms with Crippen molar-refractivity contribution in [2.45, 2.75) is 39.2 Å². The van der Waals surface area contributed by atoms with E-state index in [-0.39, 0.29) is 6.10 Å². The molecule has 0 aliphatic carbocycles. The summed E-state index contributed by atoms with van der Waals surface area (Å²) in [6, 6.07) is 17.1. The third kappa shape index (κ3) is 4.33. The maximum absolute atomic E-state index is 5.81. The van der Waals surface area contributed by atoms with E-state index < -0.39 is 0 Å². The van der Waals surface area contributed by atoms with Crippen LogP contribution in [-0.4, -0.2) is 12.6 Å². The van der Waals surface area contributed by atoms with Crippen LogP contribution in [0.1, 0.15) is 42.9 Å². The highest BCUT2D eigenvalue weighted by Gasteiger charge is 2.13. The van der Waals surface area contributed by atoms with Gasteiger partial charge in [0, 0.05) is 5.92 Å². The molecule has 0 heterocycles. The summed E-state index contributed by atoms with van der Waals surface area (Å²) in [6.45, 7) is 6.87. The van der Waals surface area contributed by atoms with Gasteiger partial charge in [-0.2, -0.15) is 0 Å². The van der Waals surface area contributed by atoms with Gasteiger partial charge in [0.15, 0.2) is 0 Å². The summed E-state index contributed by atoms with van der Waals surface area (Å²) in [5, 5.41) is 0. The van der Waals surface area contributed by atoms with Crippen LogP contribution in [0.2, 0.25) is 0 Å². The number of benzene rings is 2. The van der Waals surface area contributed by atoms with Gasteiger partial charge in [0.05, 0.1) is 6.10 Å². The van der Waals surface area contributed by atoms with E-state index >= 15 is 0 Å². The number of hydrogen-bond acceptors (Lipinski definition) is 2. The van der Waals surface area contributed by atoms with E-state index in [4.69, 9.17) is 10.5 Å². The van der Waals surface area contributed by atoms with Crippen molar-refractivity contribution < 1.29 is 4.74 Å². The number of nitrogens with two attached hydrogens (primary N) is 1. The fourth-order valence-corrected chi connectivity index (χ4v) is 2.54. The molecule has 1 atom stereocenters. The number of rotatable bonds is 6. The molecule has 2 nitrogen and oxygen atoms in total. The second-order valence-corrected chi connectivity index (χ2v) is 5.78. The topological polar surface area (TPSA) is 35.2 Å². The van der Waals surface area contributed by atoms with Crippen molar-refractivity contribution in [2.24, 2.45) is 5.73 Å². The number of aryl methyl sites for hydroxylation is 1. The van der Waals surface area contributed by atoms with E-state index in [0.29, 0.717) is 12.5 Å². The first-order valence-electron chi connectivity index (χ1n) is 7.63. The van der Waals surface area contributed by atoms with Gasteiger partial charge in [0.2, 0.25) is 0 Å². The molecule has 21 heavy (non-hydrogen) atoms. The lowest BCUT2D eigenvalue weighted by Gasteiger charge is -2.18. The Bertz CT molecular complexity index is 543. The smallest absolute Gasteiger partial charge is 0.119 e. The Hall–Kier alpha value is -1.80. The Balaban J connectivity index is 2.23. The van der Waals surface area contributed by atoms with Crippen molar-refractivity contribution >= 4 is 0 Å². The molecule has 0 radical (unpaired) electrons. The first-order valence-corrected chi connectivity index (χ1v) is 7.63. The Morgan fingerprint density at radius 1 is 0.905 bits per heavy atom. The maximum atomic E-state index is 5.81. The Morgan fingerprint density at radius 3 is 1.90 bits per heavy atom. The fraction of sp³-hybridized carbons (Fsp3) is 0.368. The predicted molar refractivity (Wildman–Crippen MR) is 88.9 cm³/mol. The van der Waals surface area contributed by atoms with E-state index in [9.17, 15) is 0 Å². The van der Waals surface area contributed by atoms with Crippen LogP contribution in [0.4, 0.5) is 0 Å². The first kappa shape index (κ1) is 15.6. The second-order valence-electron chi connectivity index (χ2n) is 5.78. The molecule has 2 N–H and O–H groups in total. The fourth-order valence-electron chi connectivity index (χ4n) is 2.54. The Labute approximate surface area is 127 Å². The second kappa shape index (κ2) is 7.28. The average Bonchev–Trinajstić information content (AvgIpc) is 2.46. The van der Waals surface area contributed by atoms with Crippen molar-refractivity contribution in [1.82, 2.24) is 0 Å². The highest BCUT2D eigenvalue weighted by Crippen LogP contribution is 2.29. The van der Waals surface area contributed by atoms with E-state index in [1.165, 1.54) is 16.7 Å². The lowest BCUT2D eigenvalue weighted by molar-refractivity contribution is 0.242. The summed E-state index contributed by atoms with van der Waals surface area (Å²) in [5.74, 6) is 1.27. The van der Waals surface area contributed by atoms with Crippen LogP contribution in [0.25, 0.3) is 0 Å². The van der Waals surface area contributed by atoms with Gasteiger partial charge in [0.25, 0.3) is 0 Å². The average molecular weight is 283 g/mol. The van der Waals surface area contributed by atoms with Gasteiger partial charge in [-0.15, -0.1) is 0 Å². The van der Waals surface area contributed by atoms with Gasteiger partial charge in [-0.3, -0.25) is 0 Å². The largest absolute Gasteiger partial charge is 0.491 e. The molecule has 0 saturated heterocycles. The molecule has 2 aromatic rings. The molecule has 0 amide bonds. The van der Waals surface area contributed by atoms with Crippen molar-refractivity contribution in [3.05, 3.63) is 65.2 Å². The third-order valence-corrected chi connectivity index (χ3v) is 3.59. The van der Waals surface area contributed by atoms with Gasteiger partial charge in [-0.1, -0.05) is 42.0 Å². The Morgan fingerprint density at radius 2 is 1.43 bits per heavy atom. The van der Waals surface area contributed by atoms with Crippen molar-refractivity contribution in [3.8, 4) is 5.75 Å². The number of ether oxygens (including phenoxy) is 1. The van der Waals surface area contributed by atoms with Crippen LogP contribution in [0.3, 0.4) is 0 Å². The van der Waals surface area contributed by atoms with E-state index in [0.717, 1.165) is 12.2 Å². The molecule has 0 bridgehead atoms. The van der Waals surface area contributed by atoms with Gasteiger partial charge in [-0.05, 0) is 57.0 Å². The van der Waals surface area contributed by atoms with Crippen LogP contribution in [0, 0.1) is 6.92 Å². The Kier molecular flexibility index (Phi) is 5.40. The molecule has 0 fully saturated rings. The van der Waals surface area contributed by atoms with Gasteiger partial charge >= 0.3 is 0 Å². The molecule has 2 heteroatoms. The minimum atomic E-state index is 0.202. The van der Waals surface area contributed by atoms with E-state index in [1.54, 1.807) is 0 Å². The lowest BCUT2D eigenvalue weighted by atomic mass is 9.88. The summed E-state index contributed by atoms with van der Waals surface area (Å²) in [4.78, 5) is 0. The quantitative estimate of drug-likeness (QED) is 0.859. The lowest BCUT2D eigenvalue weighted by Crippen LogP contribution is -2.09. The van der Waals surface area contributed by atoms with Crippen LogP contribution in [-0.2, 0) is 0 Å². The first-order chi connectivity index (χ1) is 10.1. The summed E-state index contributed by atoms with van der Waals surface area (Å²) >= 11 is 0. The molecule has 0 aliphatic heterocycles. The zero-order valence-corrected chi connectivity index (χ0v) is 13.2. The molecule has 1 unspecified atom stereocenters. The van der Waals surface area contributed by atoms with Crippen molar-refractivity contribution in [3.63, 3.8) is 0 Å². The molecular weight excluding hydrogens is 258 g/mol. The summed E-state index contributed by atoms with van der Waals surface area (Å²) in [5.41, 5.74) is 9.70. The predicted octanol–water partition coefficient (Wildman–Crippen LogP) is 4.26. The highest BCUT2D eigenvalue weighted by atomic mass is 16.5. The van der Waals surface area contributed by atoms with Gasteiger partial charge in [0.1, 0.15) is 5.75 Å². The SMILES string of the molecule is Cc1ccc(C(CCN)c2ccc(OC(C)C)cc2)cc1. The van der Waals surface area contributed by atoms with Crippen LogP contribution in [0.15, 0.2) is 48.5 Å². The molecule has 2 rings (SSSR count). The van der Waals surface area contributed by atoms with Crippen LogP contribution in [0.5, 0.6) is 5.75 Å². The standard InChI is InChI=1S/C19H25NO/c1-14(2)21-18-10-8-17(9-11-18)19(12-13-20)16-6-4-15(3)5-7-16/h4-11,14,19H,12-13,20H2,1-3H3. The maximum Gasteiger partial charge on any atom is 0.119 e. The molecule has 2 aromatic carbocycles. The van der Waals surface area contributed by atoms with Crippen LogP contribution >= 0.6 is 0 Å².